The summed E-state index contributed by atoms with van der Waals surface area (Å²) in [5.41, 5.74) is 0.823. The van der Waals surface area contributed by atoms with E-state index in [9.17, 15) is 13.2 Å². The lowest BCUT2D eigenvalue weighted by atomic mass is 9.74. The Morgan fingerprint density at radius 2 is 1.88 bits per heavy atom. The van der Waals surface area contributed by atoms with Gasteiger partial charge >= 0.3 is 0 Å². The van der Waals surface area contributed by atoms with Gasteiger partial charge in [0.15, 0.2) is 0 Å². The number of carbonyl (C=O) groups excluding carboxylic acids is 1. The minimum absolute atomic E-state index is 0.104. The summed E-state index contributed by atoms with van der Waals surface area (Å²) in [5, 5.41) is 2.01. The molecule has 1 heterocycles. The van der Waals surface area contributed by atoms with Crippen molar-refractivity contribution in [2.24, 2.45) is 5.92 Å². The molecule has 166 valence electrons. The number of carbonyl (C=O) groups is 1. The lowest BCUT2D eigenvalue weighted by Gasteiger charge is -2.31. The molecule has 0 bridgehead atoms. The van der Waals surface area contributed by atoms with E-state index >= 15 is 0 Å². The third kappa shape index (κ3) is 3.60. The van der Waals surface area contributed by atoms with Gasteiger partial charge in [0.1, 0.15) is 0 Å². The summed E-state index contributed by atoms with van der Waals surface area (Å²) in [6.07, 6.45) is 2.57. The summed E-state index contributed by atoms with van der Waals surface area (Å²) in [6.45, 7) is 1.25. The van der Waals surface area contributed by atoms with Gasteiger partial charge in [0.05, 0.1) is 10.3 Å². The second kappa shape index (κ2) is 8.18. The van der Waals surface area contributed by atoms with E-state index in [0.29, 0.717) is 42.9 Å². The Morgan fingerprint density at radius 1 is 1.09 bits per heavy atom. The van der Waals surface area contributed by atoms with Gasteiger partial charge in [-0.05, 0) is 60.2 Å². The number of benzene rings is 3. The first kappa shape index (κ1) is 21.4. The Hall–Kier alpha value is -2.41. The monoisotopic (exact) mass is 469 g/mol. The second-order valence-corrected chi connectivity index (χ2v) is 10.8. The van der Waals surface area contributed by atoms with Crippen molar-refractivity contribution in [1.29, 1.82) is 0 Å². The average Bonchev–Trinajstić information content (AvgIpc) is 3.43. The number of sulfonamides is 1. The fourth-order valence-corrected chi connectivity index (χ4v) is 6.77. The molecule has 3 aromatic rings. The fraction of sp³-hybridized carbons (Fsp3) is 0.320. The van der Waals surface area contributed by atoms with Crippen molar-refractivity contribution in [3.63, 3.8) is 0 Å². The first-order chi connectivity index (χ1) is 15.4. The standard InChI is InChI=1S/C25H24ClNO4S/c26-22-9-4-8-21-20(22)11-13-25(21,15-17-12-14-31-16-17)24(28)27-32(29,30)23-10-3-6-18-5-1-2-7-19(18)23/h1-10,17H,11-16H2,(H,27,28). The van der Waals surface area contributed by atoms with Crippen LogP contribution >= 0.6 is 11.6 Å². The molecule has 1 aliphatic heterocycles. The normalized spacial score (nSPS) is 22.7. The van der Waals surface area contributed by atoms with E-state index in [2.05, 4.69) is 4.72 Å². The van der Waals surface area contributed by atoms with Gasteiger partial charge in [-0.2, -0.15) is 0 Å². The molecule has 5 nitrogen and oxygen atoms in total. The van der Waals surface area contributed by atoms with E-state index in [4.69, 9.17) is 16.3 Å². The van der Waals surface area contributed by atoms with E-state index in [0.717, 1.165) is 22.9 Å². The molecular weight excluding hydrogens is 446 g/mol. The number of halogens is 1. The van der Waals surface area contributed by atoms with E-state index < -0.39 is 21.3 Å². The minimum atomic E-state index is -4.07. The van der Waals surface area contributed by atoms with E-state index in [1.165, 1.54) is 6.07 Å². The first-order valence-electron chi connectivity index (χ1n) is 10.8. The van der Waals surface area contributed by atoms with E-state index in [1.807, 2.05) is 36.4 Å². The van der Waals surface area contributed by atoms with Crippen molar-refractivity contribution in [2.45, 2.75) is 36.0 Å². The van der Waals surface area contributed by atoms with Crippen molar-refractivity contribution >= 4 is 38.3 Å². The van der Waals surface area contributed by atoms with E-state index in [1.54, 1.807) is 18.2 Å². The van der Waals surface area contributed by atoms with E-state index in [-0.39, 0.29) is 10.8 Å². The quantitative estimate of drug-likeness (QED) is 0.592. The number of amides is 1. The minimum Gasteiger partial charge on any atom is -0.381 e. The van der Waals surface area contributed by atoms with Crippen LogP contribution in [-0.4, -0.2) is 27.5 Å². The van der Waals surface area contributed by atoms with Crippen LogP contribution in [0.3, 0.4) is 0 Å². The van der Waals surface area contributed by atoms with Crippen molar-refractivity contribution < 1.29 is 17.9 Å². The van der Waals surface area contributed by atoms with Crippen molar-refractivity contribution in [3.05, 3.63) is 76.8 Å². The largest absolute Gasteiger partial charge is 0.381 e. The van der Waals surface area contributed by atoms with Crippen LogP contribution in [0.5, 0.6) is 0 Å². The SMILES string of the molecule is O=C(NS(=O)(=O)c1cccc2ccccc12)C1(CC2CCOC2)CCc2c(Cl)cccc21. The van der Waals surface area contributed by atoms with Gasteiger partial charge in [0.2, 0.25) is 5.91 Å². The third-order valence-corrected chi connectivity index (χ3v) is 8.54. The maximum Gasteiger partial charge on any atom is 0.264 e. The Balaban J connectivity index is 1.55. The molecule has 1 aliphatic carbocycles. The molecule has 1 N–H and O–H groups in total. The van der Waals surface area contributed by atoms with Gasteiger partial charge in [-0.3, -0.25) is 4.79 Å². The predicted molar refractivity (Wildman–Crippen MR) is 124 cm³/mol. The van der Waals surface area contributed by atoms with Gasteiger partial charge in [0.25, 0.3) is 10.0 Å². The topological polar surface area (TPSA) is 72.5 Å². The molecule has 2 unspecified atom stereocenters. The Morgan fingerprint density at radius 3 is 2.69 bits per heavy atom. The zero-order valence-corrected chi connectivity index (χ0v) is 19.1. The van der Waals surface area contributed by atoms with Crippen molar-refractivity contribution in [1.82, 2.24) is 4.72 Å². The van der Waals surface area contributed by atoms with Gasteiger partial charge in [-0.15, -0.1) is 0 Å². The summed E-state index contributed by atoms with van der Waals surface area (Å²) >= 11 is 6.44. The van der Waals surface area contributed by atoms with Gasteiger partial charge in [-0.25, -0.2) is 13.1 Å². The molecule has 0 radical (unpaired) electrons. The number of rotatable bonds is 5. The molecule has 0 spiro atoms. The first-order valence-corrected chi connectivity index (χ1v) is 12.7. The van der Waals surface area contributed by atoms with Crippen LogP contribution in [0.2, 0.25) is 5.02 Å². The Bertz CT molecular complexity index is 1300. The van der Waals surface area contributed by atoms with Crippen LogP contribution in [0.25, 0.3) is 10.8 Å². The number of ether oxygens (including phenoxy) is 1. The Kier molecular flexibility index (Phi) is 5.48. The molecule has 2 atom stereocenters. The van der Waals surface area contributed by atoms with Gasteiger partial charge in [0, 0.05) is 23.6 Å². The van der Waals surface area contributed by atoms with Crippen LogP contribution in [0.15, 0.2) is 65.6 Å². The molecule has 1 amide bonds. The lowest BCUT2D eigenvalue weighted by molar-refractivity contribution is -0.125. The van der Waals surface area contributed by atoms with Crippen LogP contribution in [-0.2, 0) is 31.4 Å². The maximum atomic E-state index is 13.8. The molecule has 3 aromatic carbocycles. The molecule has 0 saturated carbocycles. The zero-order chi connectivity index (χ0) is 22.3. The maximum absolute atomic E-state index is 13.8. The highest BCUT2D eigenvalue weighted by Gasteiger charge is 2.48. The molecular formula is C25H24ClNO4S. The molecule has 7 heteroatoms. The lowest BCUT2D eigenvalue weighted by Crippen LogP contribution is -2.46. The summed E-state index contributed by atoms with van der Waals surface area (Å²) in [7, 11) is -4.07. The number of nitrogens with one attached hydrogen (secondary N) is 1. The Labute approximate surface area is 192 Å². The summed E-state index contributed by atoms with van der Waals surface area (Å²) in [5.74, 6) is -0.288. The smallest absolute Gasteiger partial charge is 0.264 e. The number of fused-ring (bicyclic) bond motifs is 2. The van der Waals surface area contributed by atoms with Crippen LogP contribution in [0.4, 0.5) is 0 Å². The molecule has 1 saturated heterocycles. The molecule has 1 fully saturated rings. The van der Waals surface area contributed by atoms with Crippen LogP contribution in [0.1, 0.15) is 30.4 Å². The zero-order valence-electron chi connectivity index (χ0n) is 17.5. The number of hydrogen-bond donors (Lipinski definition) is 1. The van der Waals surface area contributed by atoms with Crippen LogP contribution in [0, 0.1) is 5.92 Å². The summed E-state index contributed by atoms with van der Waals surface area (Å²) in [6, 6.07) is 17.9. The van der Waals surface area contributed by atoms with Gasteiger partial charge in [-0.1, -0.05) is 60.1 Å². The van der Waals surface area contributed by atoms with Crippen molar-refractivity contribution in [2.75, 3.05) is 13.2 Å². The molecule has 0 aromatic heterocycles. The highest BCUT2D eigenvalue weighted by Crippen LogP contribution is 2.47. The van der Waals surface area contributed by atoms with Crippen LogP contribution < -0.4 is 4.72 Å². The predicted octanol–water partition coefficient (Wildman–Crippen LogP) is 4.61. The molecule has 32 heavy (non-hydrogen) atoms. The fourth-order valence-electron chi connectivity index (χ4n) is 5.22. The van der Waals surface area contributed by atoms with Gasteiger partial charge < -0.3 is 4.74 Å². The second-order valence-electron chi connectivity index (χ2n) is 8.69. The van der Waals surface area contributed by atoms with Crippen molar-refractivity contribution in [3.8, 4) is 0 Å². The average molecular weight is 470 g/mol. The summed E-state index contributed by atoms with van der Waals surface area (Å²) < 4.78 is 34.8. The molecule has 2 aliphatic rings. The molecule has 5 rings (SSSR count). The number of hydrogen-bond acceptors (Lipinski definition) is 4. The summed E-state index contributed by atoms with van der Waals surface area (Å²) in [4.78, 5) is 13.9. The highest BCUT2D eigenvalue weighted by molar-refractivity contribution is 7.90. The highest BCUT2D eigenvalue weighted by atomic mass is 35.5. The third-order valence-electron chi connectivity index (χ3n) is 6.80.